The molecule has 0 unspecified atom stereocenters. The molecule has 0 atom stereocenters. The molecule has 1 aliphatic rings. The lowest BCUT2D eigenvalue weighted by atomic mass is 10.2. The van der Waals surface area contributed by atoms with Crippen molar-refractivity contribution in [2.24, 2.45) is 0 Å². The molecule has 0 aliphatic carbocycles. The molecular formula is C12H17N5. The van der Waals surface area contributed by atoms with Gasteiger partial charge in [-0.05, 0) is 19.0 Å². The summed E-state index contributed by atoms with van der Waals surface area (Å²) < 4.78 is 0. The van der Waals surface area contributed by atoms with Gasteiger partial charge in [-0.2, -0.15) is 10.4 Å². The monoisotopic (exact) mass is 231 g/mol. The van der Waals surface area contributed by atoms with Crippen molar-refractivity contribution in [1.29, 1.82) is 5.26 Å². The number of hydrogen-bond acceptors (Lipinski definition) is 5. The van der Waals surface area contributed by atoms with Gasteiger partial charge in [-0.3, -0.25) is 4.90 Å². The van der Waals surface area contributed by atoms with Crippen molar-refractivity contribution in [2.45, 2.75) is 13.3 Å². The minimum Gasteiger partial charge on any atom is -0.351 e. The molecule has 0 aromatic carbocycles. The van der Waals surface area contributed by atoms with Crippen molar-refractivity contribution < 1.29 is 0 Å². The van der Waals surface area contributed by atoms with Crippen LogP contribution < -0.4 is 4.90 Å². The van der Waals surface area contributed by atoms with Crippen molar-refractivity contribution in [3.05, 3.63) is 17.8 Å². The number of piperazine rings is 1. The van der Waals surface area contributed by atoms with Crippen LogP contribution in [0.5, 0.6) is 0 Å². The molecule has 2 rings (SSSR count). The minimum atomic E-state index is 0.615. The fourth-order valence-corrected chi connectivity index (χ4v) is 2.14. The van der Waals surface area contributed by atoms with E-state index in [4.69, 9.17) is 5.26 Å². The second kappa shape index (κ2) is 5.60. The van der Waals surface area contributed by atoms with Gasteiger partial charge in [0.05, 0.1) is 11.8 Å². The van der Waals surface area contributed by atoms with E-state index in [-0.39, 0.29) is 0 Å². The average Bonchev–Trinajstić information content (AvgIpc) is 2.40. The van der Waals surface area contributed by atoms with Crippen molar-refractivity contribution in [3.8, 4) is 6.07 Å². The van der Waals surface area contributed by atoms with E-state index in [1.54, 1.807) is 12.3 Å². The Balaban J connectivity index is 2.03. The fraction of sp³-hybridized carbons (Fsp3) is 0.583. The molecule has 0 amide bonds. The molecule has 17 heavy (non-hydrogen) atoms. The molecule has 0 saturated carbocycles. The summed E-state index contributed by atoms with van der Waals surface area (Å²) in [7, 11) is 0. The fourth-order valence-electron chi connectivity index (χ4n) is 2.14. The van der Waals surface area contributed by atoms with Crippen molar-refractivity contribution >= 4 is 5.82 Å². The predicted molar refractivity (Wildman–Crippen MR) is 65.7 cm³/mol. The zero-order valence-electron chi connectivity index (χ0n) is 10.1. The third-order valence-electron chi connectivity index (χ3n) is 3.03. The molecule has 5 heteroatoms. The molecule has 1 aliphatic heterocycles. The normalized spacial score (nSPS) is 16.8. The molecular weight excluding hydrogens is 214 g/mol. The second-order valence-electron chi connectivity index (χ2n) is 4.21. The van der Waals surface area contributed by atoms with Crippen LogP contribution in [-0.2, 0) is 0 Å². The number of nitriles is 1. The first-order chi connectivity index (χ1) is 8.35. The highest BCUT2D eigenvalue weighted by atomic mass is 15.3. The van der Waals surface area contributed by atoms with E-state index in [1.807, 2.05) is 0 Å². The summed E-state index contributed by atoms with van der Waals surface area (Å²) in [6, 6.07) is 3.89. The van der Waals surface area contributed by atoms with Crippen LogP contribution in [0.3, 0.4) is 0 Å². The van der Waals surface area contributed by atoms with Gasteiger partial charge in [0.2, 0.25) is 0 Å². The van der Waals surface area contributed by atoms with Gasteiger partial charge in [0, 0.05) is 26.2 Å². The summed E-state index contributed by atoms with van der Waals surface area (Å²) in [5.74, 6) is 0.728. The van der Waals surface area contributed by atoms with Crippen LogP contribution >= 0.6 is 0 Å². The maximum Gasteiger partial charge on any atom is 0.169 e. The van der Waals surface area contributed by atoms with Crippen LogP contribution in [0.2, 0.25) is 0 Å². The van der Waals surface area contributed by atoms with E-state index in [0.29, 0.717) is 5.56 Å². The lowest BCUT2D eigenvalue weighted by Crippen LogP contribution is -2.47. The van der Waals surface area contributed by atoms with E-state index in [2.05, 4.69) is 33.0 Å². The Kier molecular flexibility index (Phi) is 3.89. The topological polar surface area (TPSA) is 56.1 Å². The molecule has 2 heterocycles. The Morgan fingerprint density at radius 2 is 2.12 bits per heavy atom. The van der Waals surface area contributed by atoms with E-state index >= 15 is 0 Å². The van der Waals surface area contributed by atoms with Gasteiger partial charge in [0.15, 0.2) is 5.82 Å². The van der Waals surface area contributed by atoms with Gasteiger partial charge in [-0.25, -0.2) is 0 Å². The van der Waals surface area contributed by atoms with Gasteiger partial charge < -0.3 is 4.90 Å². The van der Waals surface area contributed by atoms with Crippen LogP contribution in [-0.4, -0.2) is 47.8 Å². The predicted octanol–water partition coefficient (Wildman–Crippen LogP) is 0.880. The van der Waals surface area contributed by atoms with Crippen molar-refractivity contribution in [2.75, 3.05) is 37.6 Å². The molecule has 1 aromatic rings. The molecule has 0 radical (unpaired) electrons. The van der Waals surface area contributed by atoms with Crippen LogP contribution in [0, 0.1) is 11.3 Å². The summed E-state index contributed by atoms with van der Waals surface area (Å²) in [6.07, 6.45) is 2.75. The van der Waals surface area contributed by atoms with Crippen LogP contribution in [0.4, 0.5) is 5.82 Å². The standard InChI is InChI=1S/C12H17N5/c1-2-5-16-6-8-17(9-7-16)12-11(10-13)3-4-14-15-12/h3-4H,2,5-9H2,1H3. The highest BCUT2D eigenvalue weighted by molar-refractivity contribution is 5.52. The zero-order chi connectivity index (χ0) is 12.1. The smallest absolute Gasteiger partial charge is 0.169 e. The molecule has 1 fully saturated rings. The largest absolute Gasteiger partial charge is 0.351 e. The number of aromatic nitrogens is 2. The summed E-state index contributed by atoms with van der Waals surface area (Å²) in [4.78, 5) is 4.59. The third-order valence-corrected chi connectivity index (χ3v) is 3.03. The van der Waals surface area contributed by atoms with Gasteiger partial charge in [-0.1, -0.05) is 6.92 Å². The maximum absolute atomic E-state index is 9.03. The summed E-state index contributed by atoms with van der Waals surface area (Å²) in [5.41, 5.74) is 0.615. The molecule has 0 spiro atoms. The summed E-state index contributed by atoms with van der Waals surface area (Å²) in [5, 5.41) is 17.0. The first-order valence-electron chi connectivity index (χ1n) is 6.04. The zero-order valence-corrected chi connectivity index (χ0v) is 10.1. The van der Waals surface area contributed by atoms with Gasteiger partial charge in [0.1, 0.15) is 6.07 Å². The van der Waals surface area contributed by atoms with E-state index in [0.717, 1.165) is 38.5 Å². The Bertz CT molecular complexity index is 404. The Hall–Kier alpha value is -1.67. The van der Waals surface area contributed by atoms with Crippen molar-refractivity contribution in [3.63, 3.8) is 0 Å². The highest BCUT2D eigenvalue weighted by Gasteiger charge is 2.19. The van der Waals surface area contributed by atoms with Crippen LogP contribution in [0.1, 0.15) is 18.9 Å². The van der Waals surface area contributed by atoms with Crippen molar-refractivity contribution in [1.82, 2.24) is 15.1 Å². The Morgan fingerprint density at radius 1 is 1.35 bits per heavy atom. The number of rotatable bonds is 3. The lowest BCUT2D eigenvalue weighted by Gasteiger charge is -2.35. The third kappa shape index (κ3) is 2.71. The van der Waals surface area contributed by atoms with Crippen LogP contribution in [0.15, 0.2) is 12.3 Å². The van der Waals surface area contributed by atoms with Gasteiger partial charge in [0.25, 0.3) is 0 Å². The van der Waals surface area contributed by atoms with Gasteiger partial charge in [-0.15, -0.1) is 5.10 Å². The Morgan fingerprint density at radius 3 is 2.76 bits per heavy atom. The quantitative estimate of drug-likeness (QED) is 0.773. The molecule has 90 valence electrons. The molecule has 1 aromatic heterocycles. The highest BCUT2D eigenvalue weighted by Crippen LogP contribution is 2.17. The minimum absolute atomic E-state index is 0.615. The second-order valence-corrected chi connectivity index (χ2v) is 4.21. The molecule has 0 N–H and O–H groups in total. The molecule has 5 nitrogen and oxygen atoms in total. The SMILES string of the molecule is CCCN1CCN(c2nnccc2C#N)CC1. The summed E-state index contributed by atoms with van der Waals surface area (Å²) in [6.45, 7) is 7.27. The Labute approximate surface area is 102 Å². The van der Waals surface area contributed by atoms with E-state index in [9.17, 15) is 0 Å². The van der Waals surface area contributed by atoms with Crippen LogP contribution in [0.25, 0.3) is 0 Å². The van der Waals surface area contributed by atoms with E-state index < -0.39 is 0 Å². The molecule has 1 saturated heterocycles. The summed E-state index contributed by atoms with van der Waals surface area (Å²) >= 11 is 0. The van der Waals surface area contributed by atoms with Gasteiger partial charge >= 0.3 is 0 Å². The van der Waals surface area contributed by atoms with E-state index in [1.165, 1.54) is 6.42 Å². The average molecular weight is 231 g/mol. The molecule has 0 bridgehead atoms. The number of anilines is 1. The first kappa shape index (κ1) is 11.8. The number of nitrogens with zero attached hydrogens (tertiary/aromatic N) is 5. The maximum atomic E-state index is 9.03. The number of hydrogen-bond donors (Lipinski definition) is 0. The lowest BCUT2D eigenvalue weighted by molar-refractivity contribution is 0.257. The first-order valence-corrected chi connectivity index (χ1v) is 6.04.